The maximum atomic E-state index is 12.3. The number of anilines is 1. The number of nitrogens with zero attached hydrogens (tertiary/aromatic N) is 2. The molecule has 5 nitrogen and oxygen atoms in total. The molecule has 2 aliphatic rings. The van der Waals surface area contributed by atoms with E-state index < -0.39 is 5.66 Å². The molecule has 0 aromatic heterocycles. The number of benzene rings is 1. The first kappa shape index (κ1) is 13.4. The fraction of sp³-hybridized carbons (Fsp3) is 0.533. The Kier molecular flexibility index (Phi) is 2.81. The van der Waals surface area contributed by atoms with Gasteiger partial charge < -0.3 is 9.57 Å². The molecule has 2 aliphatic heterocycles. The van der Waals surface area contributed by atoms with Crippen LogP contribution in [-0.2, 0) is 9.57 Å². The van der Waals surface area contributed by atoms with E-state index in [0.29, 0.717) is 0 Å². The van der Waals surface area contributed by atoms with Gasteiger partial charge in [-0.3, -0.25) is 4.90 Å². The second-order valence-electron chi connectivity index (χ2n) is 6.32. The van der Waals surface area contributed by atoms with Gasteiger partial charge in [0.1, 0.15) is 5.66 Å². The molecular formula is C15H20N2O3. The van der Waals surface area contributed by atoms with E-state index in [2.05, 4.69) is 13.8 Å². The SMILES string of the molecule is CO[C@H]1N2OC(=O)N(c3ccccc3)[C@]2(C)CC1(C)C. The van der Waals surface area contributed by atoms with Crippen molar-refractivity contribution in [2.24, 2.45) is 5.41 Å². The van der Waals surface area contributed by atoms with Crippen LogP contribution in [0.2, 0.25) is 0 Å². The molecule has 0 radical (unpaired) electrons. The van der Waals surface area contributed by atoms with Gasteiger partial charge in [-0.25, -0.2) is 4.79 Å². The fourth-order valence-electron chi connectivity index (χ4n) is 3.62. The molecule has 0 unspecified atom stereocenters. The van der Waals surface area contributed by atoms with Crippen molar-refractivity contribution in [2.45, 2.75) is 39.1 Å². The Balaban J connectivity index is 2.04. The summed E-state index contributed by atoms with van der Waals surface area (Å²) in [6, 6.07) is 9.61. The Labute approximate surface area is 119 Å². The van der Waals surface area contributed by atoms with Crippen LogP contribution in [0.3, 0.4) is 0 Å². The van der Waals surface area contributed by atoms with Crippen molar-refractivity contribution in [1.82, 2.24) is 5.06 Å². The van der Waals surface area contributed by atoms with E-state index in [-0.39, 0.29) is 17.7 Å². The van der Waals surface area contributed by atoms with Crippen LogP contribution in [-0.4, -0.2) is 30.2 Å². The summed E-state index contributed by atoms with van der Waals surface area (Å²) in [4.78, 5) is 19.5. The molecule has 2 atom stereocenters. The molecule has 5 heteroatoms. The molecule has 20 heavy (non-hydrogen) atoms. The van der Waals surface area contributed by atoms with Gasteiger partial charge in [0.2, 0.25) is 0 Å². The van der Waals surface area contributed by atoms with Crippen molar-refractivity contribution < 1.29 is 14.4 Å². The molecule has 2 heterocycles. The molecule has 2 saturated heterocycles. The molecule has 0 N–H and O–H groups in total. The summed E-state index contributed by atoms with van der Waals surface area (Å²) in [7, 11) is 1.65. The van der Waals surface area contributed by atoms with Gasteiger partial charge >= 0.3 is 6.09 Å². The summed E-state index contributed by atoms with van der Waals surface area (Å²) in [6.07, 6.45) is 0.181. The lowest BCUT2D eigenvalue weighted by molar-refractivity contribution is -0.215. The van der Waals surface area contributed by atoms with Crippen LogP contribution >= 0.6 is 0 Å². The minimum absolute atomic E-state index is 0.1000. The maximum Gasteiger partial charge on any atom is 0.435 e. The minimum atomic E-state index is -0.525. The van der Waals surface area contributed by atoms with Crippen LogP contribution in [0.4, 0.5) is 10.5 Å². The minimum Gasteiger partial charge on any atom is -0.363 e. The zero-order valence-corrected chi connectivity index (χ0v) is 12.3. The van der Waals surface area contributed by atoms with Crippen molar-refractivity contribution >= 4 is 11.8 Å². The highest BCUT2D eigenvalue weighted by molar-refractivity contribution is 5.90. The second kappa shape index (κ2) is 4.20. The summed E-state index contributed by atoms with van der Waals surface area (Å²) in [6.45, 7) is 6.27. The Hall–Kier alpha value is -1.59. The molecule has 1 amide bonds. The molecule has 0 aliphatic carbocycles. The number of amides is 1. The maximum absolute atomic E-state index is 12.3. The van der Waals surface area contributed by atoms with Gasteiger partial charge in [0.15, 0.2) is 6.23 Å². The molecule has 0 spiro atoms. The third-order valence-corrected chi connectivity index (χ3v) is 4.23. The van der Waals surface area contributed by atoms with E-state index in [9.17, 15) is 4.79 Å². The van der Waals surface area contributed by atoms with Crippen molar-refractivity contribution in [2.75, 3.05) is 12.0 Å². The number of methoxy groups -OCH3 is 1. The molecule has 0 saturated carbocycles. The molecule has 0 bridgehead atoms. The van der Waals surface area contributed by atoms with E-state index >= 15 is 0 Å². The predicted molar refractivity (Wildman–Crippen MR) is 74.8 cm³/mol. The summed E-state index contributed by atoms with van der Waals surface area (Å²) in [5.74, 6) is 0. The Morgan fingerprint density at radius 1 is 1.25 bits per heavy atom. The number of carbonyl (C=O) groups excluding carboxylic acids is 1. The van der Waals surface area contributed by atoms with Gasteiger partial charge in [0.25, 0.3) is 0 Å². The molecule has 2 fully saturated rings. The number of para-hydroxylation sites is 1. The quantitative estimate of drug-likeness (QED) is 0.832. The van der Waals surface area contributed by atoms with Crippen LogP contribution in [0.1, 0.15) is 27.2 Å². The van der Waals surface area contributed by atoms with E-state index in [0.717, 1.165) is 12.1 Å². The van der Waals surface area contributed by atoms with Crippen LogP contribution in [0, 0.1) is 5.41 Å². The smallest absolute Gasteiger partial charge is 0.363 e. The summed E-state index contributed by atoms with van der Waals surface area (Å²) in [5.41, 5.74) is 0.217. The topological polar surface area (TPSA) is 42.0 Å². The predicted octanol–water partition coefficient (Wildman–Crippen LogP) is 2.98. The third-order valence-electron chi connectivity index (χ3n) is 4.23. The van der Waals surface area contributed by atoms with Crippen LogP contribution in [0.5, 0.6) is 0 Å². The Morgan fingerprint density at radius 2 is 1.90 bits per heavy atom. The second-order valence-corrected chi connectivity index (χ2v) is 6.32. The van der Waals surface area contributed by atoms with Gasteiger partial charge in [0, 0.05) is 18.2 Å². The highest BCUT2D eigenvalue weighted by atomic mass is 16.8. The van der Waals surface area contributed by atoms with Crippen molar-refractivity contribution in [3.63, 3.8) is 0 Å². The van der Waals surface area contributed by atoms with Crippen molar-refractivity contribution in [3.05, 3.63) is 30.3 Å². The van der Waals surface area contributed by atoms with Crippen LogP contribution < -0.4 is 4.90 Å². The number of hydrogen-bond acceptors (Lipinski definition) is 4. The van der Waals surface area contributed by atoms with Crippen LogP contribution in [0.15, 0.2) is 30.3 Å². The number of carbonyl (C=O) groups is 1. The first-order chi connectivity index (χ1) is 9.40. The van der Waals surface area contributed by atoms with Crippen LogP contribution in [0.25, 0.3) is 0 Å². The normalized spacial score (nSPS) is 32.3. The molecule has 108 valence electrons. The van der Waals surface area contributed by atoms with E-state index in [1.807, 2.05) is 37.3 Å². The largest absolute Gasteiger partial charge is 0.435 e. The van der Waals surface area contributed by atoms with Gasteiger partial charge in [-0.05, 0) is 25.5 Å². The highest BCUT2D eigenvalue weighted by Gasteiger charge is 2.64. The zero-order valence-electron chi connectivity index (χ0n) is 12.3. The van der Waals surface area contributed by atoms with Gasteiger partial charge in [0.05, 0.1) is 0 Å². The number of hydroxylamine groups is 2. The lowest BCUT2D eigenvalue weighted by Crippen LogP contribution is -2.49. The number of hydrogen-bond donors (Lipinski definition) is 0. The molecular weight excluding hydrogens is 256 g/mol. The van der Waals surface area contributed by atoms with Gasteiger partial charge in [-0.2, -0.15) is 0 Å². The lowest BCUT2D eigenvalue weighted by Gasteiger charge is -2.32. The Morgan fingerprint density at radius 3 is 2.50 bits per heavy atom. The van der Waals surface area contributed by atoms with Gasteiger partial charge in [-0.15, -0.1) is 0 Å². The lowest BCUT2D eigenvalue weighted by atomic mass is 9.86. The van der Waals surface area contributed by atoms with Crippen molar-refractivity contribution in [1.29, 1.82) is 0 Å². The first-order valence-corrected chi connectivity index (χ1v) is 6.79. The monoisotopic (exact) mass is 276 g/mol. The first-order valence-electron chi connectivity index (χ1n) is 6.79. The standard InChI is InChI=1S/C15H20N2O3/c1-14(2)10-15(3)16(11-8-6-5-7-9-11)13(18)20-17(15)12(14)19-4/h5-9,12H,10H2,1-4H3/t12-,15+/m1/s1. The van der Waals surface area contributed by atoms with Gasteiger partial charge in [-0.1, -0.05) is 37.1 Å². The zero-order chi connectivity index (χ0) is 14.5. The average Bonchev–Trinajstić information content (AvgIpc) is 2.72. The van der Waals surface area contributed by atoms with E-state index in [1.165, 1.54) is 0 Å². The molecule has 3 rings (SSSR count). The van der Waals surface area contributed by atoms with E-state index in [1.54, 1.807) is 17.1 Å². The summed E-state index contributed by atoms with van der Waals surface area (Å²) < 4.78 is 5.56. The molecule has 1 aromatic rings. The number of fused-ring (bicyclic) bond motifs is 1. The summed E-state index contributed by atoms with van der Waals surface area (Å²) >= 11 is 0. The van der Waals surface area contributed by atoms with E-state index in [4.69, 9.17) is 9.57 Å². The highest BCUT2D eigenvalue weighted by Crippen LogP contribution is 2.52. The average molecular weight is 276 g/mol. The fourth-order valence-corrected chi connectivity index (χ4v) is 3.62. The Bertz CT molecular complexity index is 531. The number of ether oxygens (including phenoxy) is 1. The number of rotatable bonds is 2. The van der Waals surface area contributed by atoms with Crippen molar-refractivity contribution in [3.8, 4) is 0 Å². The molecule has 1 aromatic carbocycles. The third kappa shape index (κ3) is 1.66. The summed E-state index contributed by atoms with van der Waals surface area (Å²) in [5, 5.41) is 1.70.